The Labute approximate surface area is 254 Å². The summed E-state index contributed by atoms with van der Waals surface area (Å²) < 4.78 is 6.32. The van der Waals surface area contributed by atoms with Gasteiger partial charge in [-0.15, -0.1) is 0 Å². The molecule has 8 rings (SSSR count). The summed E-state index contributed by atoms with van der Waals surface area (Å²) >= 11 is 0. The minimum Gasteiger partial charge on any atom is -0.481 e. The molecule has 2 amide bonds. The first-order valence-corrected chi connectivity index (χ1v) is 16.3. The van der Waals surface area contributed by atoms with Crippen molar-refractivity contribution < 1.29 is 24.2 Å². The molecule has 2 aromatic carbocycles. The molecule has 1 aliphatic heterocycles. The highest BCUT2D eigenvalue weighted by molar-refractivity contribution is 5.83. The van der Waals surface area contributed by atoms with Gasteiger partial charge in [0.25, 0.3) is 0 Å². The van der Waals surface area contributed by atoms with E-state index in [0.717, 1.165) is 56.9 Å². The Bertz CT molecular complexity index is 1410. The Kier molecular flexibility index (Phi) is 7.05. The molecule has 43 heavy (non-hydrogen) atoms. The summed E-state index contributed by atoms with van der Waals surface area (Å²) in [6.45, 7) is 5.99. The van der Waals surface area contributed by atoms with Crippen molar-refractivity contribution in [3.05, 3.63) is 70.3 Å². The molecule has 228 valence electrons. The number of carboxylic acids is 1. The Balaban J connectivity index is 0.974. The van der Waals surface area contributed by atoms with E-state index in [0.29, 0.717) is 25.6 Å². The molecule has 2 N–H and O–H groups in total. The average molecular weight is 585 g/mol. The van der Waals surface area contributed by atoms with Crippen molar-refractivity contribution in [1.82, 2.24) is 10.2 Å². The summed E-state index contributed by atoms with van der Waals surface area (Å²) in [6.07, 6.45) is 7.00. The van der Waals surface area contributed by atoms with E-state index in [4.69, 9.17) is 4.74 Å². The van der Waals surface area contributed by atoms with Gasteiger partial charge in [-0.05, 0) is 111 Å². The quantitative estimate of drug-likeness (QED) is 0.419. The highest BCUT2D eigenvalue weighted by Crippen LogP contribution is 2.61. The van der Waals surface area contributed by atoms with Gasteiger partial charge >= 0.3 is 12.1 Å². The predicted molar refractivity (Wildman–Crippen MR) is 163 cm³/mol. The van der Waals surface area contributed by atoms with Crippen LogP contribution < -0.4 is 5.32 Å². The number of hydrogen-bond acceptors (Lipinski definition) is 4. The van der Waals surface area contributed by atoms with Gasteiger partial charge < -0.3 is 20.1 Å². The lowest BCUT2D eigenvalue weighted by atomic mass is 9.48. The second-order valence-corrected chi connectivity index (χ2v) is 14.6. The van der Waals surface area contributed by atoms with Crippen LogP contribution in [0.4, 0.5) is 4.79 Å². The number of aliphatic carboxylic acids is 1. The fraction of sp³-hybridized carbons (Fsp3) is 0.583. The molecule has 7 heteroatoms. The third-order valence-corrected chi connectivity index (χ3v) is 11.6. The highest BCUT2D eigenvalue weighted by Gasteiger charge is 2.60. The van der Waals surface area contributed by atoms with Crippen LogP contribution in [0.1, 0.15) is 91.5 Å². The zero-order chi connectivity index (χ0) is 29.9. The molecule has 5 aliphatic carbocycles. The monoisotopic (exact) mass is 584 g/mol. The van der Waals surface area contributed by atoms with Crippen LogP contribution in [0.25, 0.3) is 0 Å². The van der Waals surface area contributed by atoms with Gasteiger partial charge in [0, 0.05) is 19.6 Å². The average Bonchev–Trinajstić information content (AvgIpc) is 3.25. The maximum atomic E-state index is 13.6. The maximum Gasteiger partial charge on any atom is 0.410 e. The molecule has 7 nitrogen and oxygen atoms in total. The van der Waals surface area contributed by atoms with E-state index in [1.54, 1.807) is 0 Å². The fourth-order valence-corrected chi connectivity index (χ4v) is 10.2. The minimum absolute atomic E-state index is 0.0331. The summed E-state index contributed by atoms with van der Waals surface area (Å²) in [7, 11) is 0. The second kappa shape index (κ2) is 10.7. The third-order valence-electron chi connectivity index (χ3n) is 11.6. The van der Waals surface area contributed by atoms with Gasteiger partial charge in [0.15, 0.2) is 0 Å². The van der Waals surface area contributed by atoms with Gasteiger partial charge in [-0.1, -0.05) is 53.6 Å². The number of nitrogens with one attached hydrogen (secondary N) is 1. The molecule has 0 aromatic heterocycles. The third kappa shape index (κ3) is 5.12. The fourth-order valence-electron chi connectivity index (χ4n) is 10.2. The van der Waals surface area contributed by atoms with Crippen LogP contribution in [0.2, 0.25) is 0 Å². The summed E-state index contributed by atoms with van der Waals surface area (Å²) in [6, 6.07) is 14.7. The number of rotatable bonds is 6. The van der Waals surface area contributed by atoms with Crippen LogP contribution in [-0.4, -0.2) is 47.2 Å². The van der Waals surface area contributed by atoms with Crippen LogP contribution in [0.3, 0.4) is 0 Å². The lowest BCUT2D eigenvalue weighted by Crippen LogP contribution is -2.59. The maximum absolute atomic E-state index is 13.6. The predicted octanol–water partition coefficient (Wildman–Crippen LogP) is 6.25. The Morgan fingerprint density at radius 2 is 1.63 bits per heavy atom. The first-order chi connectivity index (χ1) is 20.6. The van der Waals surface area contributed by atoms with Crippen LogP contribution in [0.5, 0.6) is 0 Å². The van der Waals surface area contributed by atoms with Crippen molar-refractivity contribution in [2.24, 2.45) is 23.2 Å². The molecule has 1 spiro atoms. The Morgan fingerprint density at radius 3 is 2.30 bits per heavy atom. The molecule has 3 unspecified atom stereocenters. The lowest BCUT2D eigenvalue weighted by molar-refractivity contribution is -0.165. The first-order valence-electron chi connectivity index (χ1n) is 16.3. The van der Waals surface area contributed by atoms with Gasteiger partial charge in [0.1, 0.15) is 6.10 Å². The van der Waals surface area contributed by atoms with Gasteiger partial charge in [-0.3, -0.25) is 9.59 Å². The minimum atomic E-state index is -0.755. The summed E-state index contributed by atoms with van der Waals surface area (Å²) in [5.74, 6) is 0.485. The van der Waals surface area contributed by atoms with Crippen molar-refractivity contribution in [2.75, 3.05) is 13.1 Å². The number of piperidine rings is 1. The summed E-state index contributed by atoms with van der Waals surface area (Å²) in [4.78, 5) is 40.6. The van der Waals surface area contributed by atoms with Crippen LogP contribution >= 0.6 is 0 Å². The van der Waals surface area contributed by atoms with E-state index in [1.165, 1.54) is 22.3 Å². The highest BCUT2D eigenvalue weighted by atomic mass is 16.6. The lowest BCUT2D eigenvalue weighted by Gasteiger charge is -2.58. The number of carbonyl (C=O) groups is 3. The summed E-state index contributed by atoms with van der Waals surface area (Å²) in [5, 5.41) is 12.8. The van der Waals surface area contributed by atoms with E-state index < -0.39 is 5.97 Å². The molecule has 4 bridgehead atoms. The number of carboxylic acid groups (broad SMARTS) is 1. The SMILES string of the molecule is Cc1cc(C)cc(CNC(=O)C23CC4CC(C2)C(OC(=O)N2CCC5(CC2)CC(CC(=O)O)c2ccccc25)C(C4)C3)c1. The number of likely N-dealkylation sites (tertiary alicyclic amines) is 1. The van der Waals surface area contributed by atoms with Crippen molar-refractivity contribution >= 4 is 18.0 Å². The van der Waals surface area contributed by atoms with Crippen molar-refractivity contribution in [1.29, 1.82) is 0 Å². The molecular weight excluding hydrogens is 540 g/mol. The van der Waals surface area contributed by atoms with Crippen LogP contribution in [-0.2, 0) is 26.3 Å². The van der Waals surface area contributed by atoms with Gasteiger partial charge in [0.2, 0.25) is 5.91 Å². The van der Waals surface area contributed by atoms with Gasteiger partial charge in [-0.2, -0.15) is 0 Å². The van der Waals surface area contributed by atoms with E-state index in [1.807, 2.05) is 17.0 Å². The number of benzene rings is 2. The number of amides is 2. The Hall–Kier alpha value is -3.35. The van der Waals surface area contributed by atoms with E-state index in [2.05, 4.69) is 49.5 Å². The molecule has 3 atom stereocenters. The van der Waals surface area contributed by atoms with Crippen molar-refractivity contribution in [3.8, 4) is 0 Å². The van der Waals surface area contributed by atoms with Crippen LogP contribution in [0.15, 0.2) is 42.5 Å². The number of carbonyl (C=O) groups excluding carboxylic acids is 2. The number of ether oxygens (including phenoxy) is 1. The number of nitrogens with zero attached hydrogens (tertiary/aromatic N) is 1. The van der Waals surface area contributed by atoms with Gasteiger partial charge in [0.05, 0.1) is 11.8 Å². The molecule has 5 fully saturated rings. The number of aryl methyl sites for hydroxylation is 2. The topological polar surface area (TPSA) is 95.9 Å². The van der Waals surface area contributed by atoms with Crippen LogP contribution in [0, 0.1) is 37.0 Å². The zero-order valence-electron chi connectivity index (χ0n) is 25.4. The van der Waals surface area contributed by atoms with Crippen molar-refractivity contribution in [2.45, 2.75) is 95.6 Å². The molecule has 0 radical (unpaired) electrons. The summed E-state index contributed by atoms with van der Waals surface area (Å²) in [5.41, 5.74) is 5.61. The normalized spacial score (nSPS) is 31.6. The van der Waals surface area contributed by atoms with Crippen molar-refractivity contribution in [3.63, 3.8) is 0 Å². The molecule has 1 saturated heterocycles. The second-order valence-electron chi connectivity index (χ2n) is 14.6. The molecule has 2 aromatic rings. The standard InChI is InChI=1S/C36H44N2O5/c1-22-11-23(2)13-25(12-22)21-37-33(41)36-17-24-14-27(19-36)32(28(15-24)20-36)43-34(42)38-9-7-35(8-10-38)18-26(16-31(39)40)29-5-3-4-6-30(29)35/h3-6,11-13,24,26-28,32H,7-10,14-21H2,1-2H3,(H,37,41)(H,39,40). The smallest absolute Gasteiger partial charge is 0.410 e. The van der Waals surface area contributed by atoms with Gasteiger partial charge in [-0.25, -0.2) is 4.79 Å². The number of hydrogen-bond donors (Lipinski definition) is 2. The number of fused-ring (bicyclic) bond motifs is 2. The Morgan fingerprint density at radius 1 is 0.953 bits per heavy atom. The van der Waals surface area contributed by atoms with E-state index >= 15 is 0 Å². The molecule has 1 heterocycles. The molecule has 6 aliphatic rings. The largest absolute Gasteiger partial charge is 0.481 e. The molecular formula is C36H44N2O5. The van der Waals surface area contributed by atoms with E-state index in [9.17, 15) is 19.5 Å². The molecule has 4 saturated carbocycles. The first kappa shape index (κ1) is 28.4. The zero-order valence-corrected chi connectivity index (χ0v) is 25.4. The van der Waals surface area contributed by atoms with E-state index in [-0.39, 0.29) is 53.1 Å².